The SMILES string of the molecule is C#CCN=C(NCC)N1CCN(C(=O)OCC)CC1.I. The third kappa shape index (κ3) is 5.86. The number of hydrogen-bond acceptors (Lipinski definition) is 3. The maximum Gasteiger partial charge on any atom is 0.409 e. The predicted molar refractivity (Wildman–Crippen MR) is 90.4 cm³/mol. The Bertz CT molecular complexity index is 360. The zero-order chi connectivity index (χ0) is 14.1. The number of hydrogen-bond donors (Lipinski definition) is 1. The Balaban J connectivity index is 0.00000361. The highest BCUT2D eigenvalue weighted by molar-refractivity contribution is 14.0. The van der Waals surface area contributed by atoms with Crippen LogP contribution >= 0.6 is 24.0 Å². The second-order valence-corrected chi connectivity index (χ2v) is 4.05. The van der Waals surface area contributed by atoms with Crippen molar-refractivity contribution >= 4 is 36.0 Å². The van der Waals surface area contributed by atoms with Crippen molar-refractivity contribution in [1.82, 2.24) is 15.1 Å². The summed E-state index contributed by atoms with van der Waals surface area (Å²) in [4.78, 5) is 19.7. The van der Waals surface area contributed by atoms with Gasteiger partial charge in [-0.3, -0.25) is 0 Å². The van der Waals surface area contributed by atoms with Crippen molar-refractivity contribution in [3.63, 3.8) is 0 Å². The number of aliphatic imine (C=N–C) groups is 1. The summed E-state index contributed by atoms with van der Waals surface area (Å²) in [5, 5.41) is 3.20. The van der Waals surface area contributed by atoms with Gasteiger partial charge in [0.25, 0.3) is 0 Å². The summed E-state index contributed by atoms with van der Waals surface area (Å²) in [5.41, 5.74) is 0. The van der Waals surface area contributed by atoms with E-state index < -0.39 is 0 Å². The number of halogens is 1. The fraction of sp³-hybridized carbons (Fsp3) is 0.692. The summed E-state index contributed by atoms with van der Waals surface area (Å²) in [5.74, 6) is 3.31. The van der Waals surface area contributed by atoms with E-state index in [0.717, 1.165) is 25.6 Å². The maximum atomic E-state index is 11.6. The van der Waals surface area contributed by atoms with Crippen LogP contribution in [0.4, 0.5) is 4.79 Å². The molecule has 114 valence electrons. The van der Waals surface area contributed by atoms with Gasteiger partial charge in [-0.2, -0.15) is 0 Å². The largest absolute Gasteiger partial charge is 0.450 e. The van der Waals surface area contributed by atoms with E-state index in [1.54, 1.807) is 4.90 Å². The monoisotopic (exact) mass is 394 g/mol. The highest BCUT2D eigenvalue weighted by Crippen LogP contribution is 2.04. The van der Waals surface area contributed by atoms with Gasteiger partial charge in [-0.1, -0.05) is 5.92 Å². The van der Waals surface area contributed by atoms with Crippen LogP contribution in [0, 0.1) is 12.3 Å². The van der Waals surface area contributed by atoms with Gasteiger partial charge in [0.15, 0.2) is 5.96 Å². The number of nitrogens with zero attached hydrogens (tertiary/aromatic N) is 3. The van der Waals surface area contributed by atoms with E-state index in [1.165, 1.54) is 0 Å². The molecule has 1 fully saturated rings. The Morgan fingerprint density at radius 3 is 2.40 bits per heavy atom. The Hall–Kier alpha value is -1.17. The average molecular weight is 394 g/mol. The van der Waals surface area contributed by atoms with Gasteiger partial charge in [0.1, 0.15) is 6.54 Å². The van der Waals surface area contributed by atoms with E-state index in [2.05, 4.69) is 21.1 Å². The summed E-state index contributed by atoms with van der Waals surface area (Å²) in [6, 6.07) is 0. The number of amides is 1. The van der Waals surface area contributed by atoms with E-state index in [0.29, 0.717) is 26.2 Å². The molecule has 0 aromatic carbocycles. The van der Waals surface area contributed by atoms with Crippen LogP contribution in [0.3, 0.4) is 0 Å². The Morgan fingerprint density at radius 1 is 1.30 bits per heavy atom. The first-order valence-corrected chi connectivity index (χ1v) is 6.61. The van der Waals surface area contributed by atoms with Crippen molar-refractivity contribution in [2.24, 2.45) is 4.99 Å². The van der Waals surface area contributed by atoms with Crippen LogP contribution in [0.5, 0.6) is 0 Å². The number of guanidine groups is 1. The van der Waals surface area contributed by atoms with Crippen molar-refractivity contribution < 1.29 is 9.53 Å². The highest BCUT2D eigenvalue weighted by Gasteiger charge is 2.23. The fourth-order valence-electron chi connectivity index (χ4n) is 1.86. The van der Waals surface area contributed by atoms with Gasteiger partial charge in [0.2, 0.25) is 0 Å². The molecule has 1 N–H and O–H groups in total. The van der Waals surface area contributed by atoms with Gasteiger partial charge in [-0.05, 0) is 13.8 Å². The summed E-state index contributed by atoms with van der Waals surface area (Å²) in [7, 11) is 0. The molecule has 6 nitrogen and oxygen atoms in total. The summed E-state index contributed by atoms with van der Waals surface area (Å²) < 4.78 is 4.99. The molecular formula is C13H23IN4O2. The van der Waals surface area contributed by atoms with Gasteiger partial charge in [0.05, 0.1) is 6.61 Å². The minimum Gasteiger partial charge on any atom is -0.450 e. The third-order valence-electron chi connectivity index (χ3n) is 2.76. The maximum absolute atomic E-state index is 11.6. The summed E-state index contributed by atoms with van der Waals surface area (Å²) in [6.45, 7) is 8.13. The molecular weight excluding hydrogens is 371 g/mol. The van der Waals surface area contributed by atoms with Gasteiger partial charge < -0.3 is 19.9 Å². The van der Waals surface area contributed by atoms with Crippen LogP contribution < -0.4 is 5.32 Å². The molecule has 0 atom stereocenters. The van der Waals surface area contributed by atoms with Crippen molar-refractivity contribution in [2.75, 3.05) is 45.9 Å². The molecule has 0 bridgehead atoms. The number of piperazine rings is 1. The van der Waals surface area contributed by atoms with Crippen LogP contribution in [-0.4, -0.2) is 67.7 Å². The first kappa shape index (κ1) is 18.8. The van der Waals surface area contributed by atoms with Gasteiger partial charge in [-0.15, -0.1) is 30.4 Å². The lowest BCUT2D eigenvalue weighted by Gasteiger charge is -2.35. The van der Waals surface area contributed by atoms with Gasteiger partial charge in [0, 0.05) is 32.7 Å². The van der Waals surface area contributed by atoms with Crippen molar-refractivity contribution in [1.29, 1.82) is 0 Å². The standard InChI is InChI=1S/C13H22N4O2.HI/c1-4-7-15-12(14-5-2)16-8-10-17(11-9-16)13(18)19-6-3;/h1H,5-11H2,2-3H3,(H,14,15);1H. The van der Waals surface area contributed by atoms with Crippen LogP contribution in [0.1, 0.15) is 13.8 Å². The molecule has 0 spiro atoms. The molecule has 1 rings (SSSR count). The van der Waals surface area contributed by atoms with Crippen LogP contribution in [0.15, 0.2) is 4.99 Å². The molecule has 0 saturated carbocycles. The summed E-state index contributed by atoms with van der Waals surface area (Å²) in [6.07, 6.45) is 4.98. The molecule has 7 heteroatoms. The van der Waals surface area contributed by atoms with E-state index >= 15 is 0 Å². The van der Waals surface area contributed by atoms with Gasteiger partial charge >= 0.3 is 6.09 Å². The molecule has 1 heterocycles. The van der Waals surface area contributed by atoms with Crippen LogP contribution in [0.25, 0.3) is 0 Å². The molecule has 20 heavy (non-hydrogen) atoms. The molecule has 1 amide bonds. The molecule has 0 aliphatic carbocycles. The molecule has 1 aliphatic heterocycles. The molecule has 0 radical (unpaired) electrons. The number of terminal acetylenes is 1. The lowest BCUT2D eigenvalue weighted by Crippen LogP contribution is -2.53. The Kier molecular flexibility index (Phi) is 9.98. The Labute approximate surface area is 137 Å². The second kappa shape index (κ2) is 10.6. The van der Waals surface area contributed by atoms with Crippen LogP contribution in [0.2, 0.25) is 0 Å². The van der Waals surface area contributed by atoms with E-state index in [4.69, 9.17) is 11.2 Å². The minimum atomic E-state index is -0.243. The molecule has 1 aliphatic rings. The average Bonchev–Trinajstić information content (AvgIpc) is 2.44. The van der Waals surface area contributed by atoms with E-state index in [9.17, 15) is 4.79 Å². The third-order valence-corrected chi connectivity index (χ3v) is 2.76. The number of nitrogens with one attached hydrogen (secondary N) is 1. The Morgan fingerprint density at radius 2 is 1.90 bits per heavy atom. The van der Waals surface area contributed by atoms with Crippen molar-refractivity contribution in [3.8, 4) is 12.3 Å². The molecule has 0 unspecified atom stereocenters. The number of ether oxygens (including phenoxy) is 1. The first-order chi connectivity index (χ1) is 9.22. The topological polar surface area (TPSA) is 57.2 Å². The number of rotatable bonds is 3. The zero-order valence-electron chi connectivity index (χ0n) is 12.1. The van der Waals surface area contributed by atoms with Crippen molar-refractivity contribution in [3.05, 3.63) is 0 Å². The smallest absolute Gasteiger partial charge is 0.409 e. The van der Waals surface area contributed by atoms with Crippen molar-refractivity contribution in [2.45, 2.75) is 13.8 Å². The van der Waals surface area contributed by atoms with Crippen LogP contribution in [-0.2, 0) is 4.74 Å². The normalized spacial score (nSPS) is 15.2. The first-order valence-electron chi connectivity index (χ1n) is 6.61. The predicted octanol–water partition coefficient (Wildman–Crippen LogP) is 0.977. The minimum absolute atomic E-state index is 0. The summed E-state index contributed by atoms with van der Waals surface area (Å²) >= 11 is 0. The molecule has 0 aromatic rings. The molecule has 0 aromatic heterocycles. The lowest BCUT2D eigenvalue weighted by molar-refractivity contribution is 0.0914. The van der Waals surface area contributed by atoms with E-state index in [1.807, 2.05) is 13.8 Å². The van der Waals surface area contributed by atoms with Gasteiger partial charge in [-0.25, -0.2) is 9.79 Å². The molecule has 1 saturated heterocycles. The fourth-order valence-corrected chi connectivity index (χ4v) is 1.86. The van der Waals surface area contributed by atoms with E-state index in [-0.39, 0.29) is 30.1 Å². The number of carbonyl (C=O) groups excluding carboxylic acids is 1. The second-order valence-electron chi connectivity index (χ2n) is 4.05. The number of carbonyl (C=O) groups is 1. The zero-order valence-corrected chi connectivity index (χ0v) is 14.4. The quantitative estimate of drug-likeness (QED) is 0.336. The lowest BCUT2D eigenvalue weighted by atomic mass is 10.3. The highest BCUT2D eigenvalue weighted by atomic mass is 127.